The van der Waals surface area contributed by atoms with E-state index in [4.69, 9.17) is 0 Å². The van der Waals surface area contributed by atoms with E-state index in [-0.39, 0.29) is 11.6 Å². The van der Waals surface area contributed by atoms with Gasteiger partial charge in [0.2, 0.25) is 0 Å². The lowest BCUT2D eigenvalue weighted by Gasteiger charge is -2.09. The maximum atomic E-state index is 11.9. The van der Waals surface area contributed by atoms with Crippen molar-refractivity contribution in [3.8, 4) is 5.75 Å². The predicted octanol–water partition coefficient (Wildman–Crippen LogP) is 3.62. The molecule has 0 radical (unpaired) electrons. The molecule has 0 amide bonds. The maximum Gasteiger partial charge on any atom is 0.573 e. The molecule has 0 saturated heterocycles. The molecule has 0 bridgehead atoms. The molecule has 20 heavy (non-hydrogen) atoms. The number of carbonyl (C=O) groups excluding carboxylic acids is 1. The third-order valence-electron chi connectivity index (χ3n) is 1.93. The molecule has 110 valence electrons. The normalized spacial score (nSPS) is 13.2. The first-order valence-electron chi connectivity index (χ1n) is 4.87. The van der Waals surface area contributed by atoms with Crippen LogP contribution < -0.4 is 4.74 Å². The van der Waals surface area contributed by atoms with Gasteiger partial charge in [-0.2, -0.15) is 13.2 Å². The fourth-order valence-electron chi connectivity index (χ4n) is 1.12. The number of hydrogen-bond acceptors (Lipinski definition) is 3. The predicted molar refractivity (Wildman–Crippen MR) is 54.8 cm³/mol. The summed E-state index contributed by atoms with van der Waals surface area (Å²) in [5.41, 5.74) is -0.267. The Morgan fingerprint density at radius 2 is 1.55 bits per heavy atom. The molecule has 0 fully saturated rings. The fourth-order valence-corrected chi connectivity index (χ4v) is 1.12. The zero-order chi connectivity index (χ0) is 15.6. The van der Waals surface area contributed by atoms with Crippen molar-refractivity contribution in [3.05, 3.63) is 35.9 Å². The van der Waals surface area contributed by atoms with E-state index < -0.39 is 29.8 Å². The van der Waals surface area contributed by atoms with Gasteiger partial charge in [0.25, 0.3) is 5.78 Å². The van der Waals surface area contributed by atoms with E-state index in [0.717, 1.165) is 24.3 Å². The van der Waals surface area contributed by atoms with Crippen LogP contribution in [-0.4, -0.2) is 23.4 Å². The van der Waals surface area contributed by atoms with E-state index in [1.54, 1.807) is 0 Å². The minimum atomic E-state index is -5.15. The topological polar surface area (TPSA) is 46.5 Å². The van der Waals surface area contributed by atoms with Crippen molar-refractivity contribution < 1.29 is 41.0 Å². The standard InChI is InChI=1S/C11H6F6O3/c12-10(13,14)9(19)5-8(18)6-1-3-7(4-2-6)20-11(15,16)17/h1-5,18H. The highest BCUT2D eigenvalue weighted by molar-refractivity contribution is 5.99. The van der Waals surface area contributed by atoms with Crippen molar-refractivity contribution in [1.82, 2.24) is 0 Å². The molecular formula is C11H6F6O3. The van der Waals surface area contributed by atoms with Gasteiger partial charge < -0.3 is 9.84 Å². The Kier molecular flexibility index (Phi) is 4.31. The zero-order valence-electron chi connectivity index (χ0n) is 9.42. The van der Waals surface area contributed by atoms with Gasteiger partial charge in [0.15, 0.2) is 0 Å². The van der Waals surface area contributed by atoms with Gasteiger partial charge in [-0.25, -0.2) is 0 Å². The van der Waals surface area contributed by atoms with Crippen LogP contribution in [0.2, 0.25) is 0 Å². The third-order valence-corrected chi connectivity index (χ3v) is 1.93. The SMILES string of the molecule is O=C(C=C(O)c1ccc(OC(F)(F)F)cc1)C(F)(F)F. The summed E-state index contributed by atoms with van der Waals surface area (Å²) in [5, 5.41) is 9.25. The van der Waals surface area contributed by atoms with Crippen molar-refractivity contribution >= 4 is 11.5 Å². The lowest BCUT2D eigenvalue weighted by Crippen LogP contribution is -2.20. The number of hydrogen-bond donors (Lipinski definition) is 1. The van der Waals surface area contributed by atoms with Gasteiger partial charge in [-0.3, -0.25) is 4.79 Å². The summed E-state index contributed by atoms with van der Waals surface area (Å²) in [6.45, 7) is 0. The summed E-state index contributed by atoms with van der Waals surface area (Å²) in [6, 6.07) is 3.31. The van der Waals surface area contributed by atoms with Gasteiger partial charge in [0.1, 0.15) is 11.5 Å². The largest absolute Gasteiger partial charge is 0.573 e. The summed E-state index contributed by atoms with van der Waals surface area (Å²) < 4.78 is 74.9. The van der Waals surface area contributed by atoms with Crippen LogP contribution in [0, 0.1) is 0 Å². The Balaban J connectivity index is 2.89. The minimum Gasteiger partial charge on any atom is -0.507 e. The highest BCUT2D eigenvalue weighted by Crippen LogP contribution is 2.25. The number of ether oxygens (including phenoxy) is 1. The molecule has 9 heteroatoms. The molecule has 0 aliphatic heterocycles. The summed E-state index contributed by atoms with van der Waals surface area (Å²) in [6.07, 6.45) is -10.1. The average molecular weight is 300 g/mol. The van der Waals surface area contributed by atoms with E-state index in [9.17, 15) is 36.2 Å². The number of aliphatic hydroxyl groups is 1. The Morgan fingerprint density at radius 3 is 1.95 bits per heavy atom. The number of carbonyl (C=O) groups is 1. The molecule has 0 heterocycles. The van der Waals surface area contributed by atoms with Gasteiger partial charge >= 0.3 is 12.5 Å². The lowest BCUT2D eigenvalue weighted by atomic mass is 10.1. The monoisotopic (exact) mass is 300 g/mol. The first-order chi connectivity index (χ1) is 8.99. The molecule has 3 nitrogen and oxygen atoms in total. The average Bonchev–Trinajstić information content (AvgIpc) is 2.26. The molecule has 0 aliphatic carbocycles. The molecule has 0 unspecified atom stereocenters. The van der Waals surface area contributed by atoms with Crippen LogP contribution in [0.5, 0.6) is 5.75 Å². The first-order valence-corrected chi connectivity index (χ1v) is 4.87. The Morgan fingerprint density at radius 1 is 1.05 bits per heavy atom. The Labute approximate surface area is 108 Å². The smallest absolute Gasteiger partial charge is 0.507 e. The van der Waals surface area contributed by atoms with Crippen LogP contribution in [0.4, 0.5) is 26.3 Å². The van der Waals surface area contributed by atoms with Crippen molar-refractivity contribution in [1.29, 1.82) is 0 Å². The second kappa shape index (κ2) is 5.43. The molecule has 1 N–H and O–H groups in total. The van der Waals surface area contributed by atoms with E-state index in [0.29, 0.717) is 0 Å². The van der Waals surface area contributed by atoms with Gasteiger partial charge in [-0.1, -0.05) is 0 Å². The number of ketones is 1. The maximum absolute atomic E-state index is 11.9. The summed E-state index contributed by atoms with van der Waals surface area (Å²) in [7, 11) is 0. The number of rotatable bonds is 3. The van der Waals surface area contributed by atoms with Crippen LogP contribution in [0.3, 0.4) is 0 Å². The number of aliphatic hydroxyl groups excluding tert-OH is 1. The Bertz CT molecular complexity index is 512. The molecular weight excluding hydrogens is 294 g/mol. The molecule has 0 aromatic heterocycles. The van der Waals surface area contributed by atoms with Crippen LogP contribution in [-0.2, 0) is 4.79 Å². The summed E-state index contributed by atoms with van der Waals surface area (Å²) >= 11 is 0. The summed E-state index contributed by atoms with van der Waals surface area (Å²) in [4.78, 5) is 10.6. The van der Waals surface area contributed by atoms with Gasteiger partial charge in [-0.15, -0.1) is 13.2 Å². The summed E-state index contributed by atoms with van der Waals surface area (Å²) in [5.74, 6) is -3.92. The van der Waals surface area contributed by atoms with E-state index in [1.165, 1.54) is 0 Å². The van der Waals surface area contributed by atoms with E-state index in [2.05, 4.69) is 4.74 Å². The Hall–Kier alpha value is -2.19. The van der Waals surface area contributed by atoms with E-state index >= 15 is 0 Å². The second-order valence-corrected chi connectivity index (χ2v) is 3.46. The van der Waals surface area contributed by atoms with Crippen LogP contribution in [0.15, 0.2) is 30.3 Å². The van der Waals surface area contributed by atoms with Crippen molar-refractivity contribution in [2.24, 2.45) is 0 Å². The van der Waals surface area contributed by atoms with Crippen LogP contribution in [0.1, 0.15) is 5.56 Å². The van der Waals surface area contributed by atoms with Crippen molar-refractivity contribution in [3.63, 3.8) is 0 Å². The number of alkyl halides is 6. The van der Waals surface area contributed by atoms with E-state index in [1.807, 2.05) is 0 Å². The highest BCUT2D eigenvalue weighted by atomic mass is 19.4. The van der Waals surface area contributed by atoms with Gasteiger partial charge in [-0.05, 0) is 24.3 Å². The quantitative estimate of drug-likeness (QED) is 0.527. The van der Waals surface area contributed by atoms with Crippen molar-refractivity contribution in [2.75, 3.05) is 0 Å². The molecule has 0 spiro atoms. The molecule has 1 aromatic carbocycles. The first kappa shape index (κ1) is 15.9. The van der Waals surface area contributed by atoms with Gasteiger partial charge in [0, 0.05) is 11.6 Å². The van der Waals surface area contributed by atoms with Crippen LogP contribution in [0.25, 0.3) is 5.76 Å². The molecule has 0 saturated carbocycles. The zero-order valence-corrected chi connectivity index (χ0v) is 9.42. The minimum absolute atomic E-state index is 0.0698. The molecule has 0 aliphatic rings. The second-order valence-electron chi connectivity index (χ2n) is 3.46. The molecule has 1 aromatic rings. The molecule has 0 atom stereocenters. The van der Waals surface area contributed by atoms with Crippen LogP contribution >= 0.6 is 0 Å². The fraction of sp³-hybridized carbons (Fsp3) is 0.182. The lowest BCUT2D eigenvalue weighted by molar-refractivity contribution is -0.274. The number of allylic oxidation sites excluding steroid dienone is 1. The van der Waals surface area contributed by atoms with Gasteiger partial charge in [0.05, 0.1) is 0 Å². The van der Waals surface area contributed by atoms with Crippen molar-refractivity contribution in [2.45, 2.75) is 12.5 Å². The molecule has 1 rings (SSSR count). The highest BCUT2D eigenvalue weighted by Gasteiger charge is 2.37. The third kappa shape index (κ3) is 4.82. The number of benzene rings is 1. The number of halogens is 6.